The number of ketones is 1. The summed E-state index contributed by atoms with van der Waals surface area (Å²) in [6.45, 7) is 0. The highest BCUT2D eigenvalue weighted by Crippen LogP contribution is 2.21. The number of benzene rings is 2. The molecular formula is C14H10Cl2O2S. The van der Waals surface area contributed by atoms with Crippen LogP contribution in [0.2, 0.25) is 10.0 Å². The van der Waals surface area contributed by atoms with Crippen LogP contribution in [0.15, 0.2) is 53.4 Å². The maximum absolute atomic E-state index is 12.1. The molecule has 0 heterocycles. The first-order valence-corrected chi connectivity index (χ1v) is 7.57. The van der Waals surface area contributed by atoms with Crippen LogP contribution in [0.4, 0.5) is 0 Å². The van der Waals surface area contributed by atoms with Crippen LogP contribution in [0.1, 0.15) is 10.4 Å². The Kier molecular flexibility index (Phi) is 4.75. The van der Waals surface area contributed by atoms with E-state index < -0.39 is 10.8 Å². The summed E-state index contributed by atoms with van der Waals surface area (Å²) in [6, 6.07) is 13.5. The molecule has 0 saturated carbocycles. The average molecular weight is 313 g/mol. The Bertz CT molecular complexity index is 585. The van der Waals surface area contributed by atoms with Crippen molar-refractivity contribution in [2.24, 2.45) is 0 Å². The van der Waals surface area contributed by atoms with Crippen LogP contribution in [-0.2, 0) is 10.8 Å². The lowest BCUT2D eigenvalue weighted by Gasteiger charge is -2.05. The van der Waals surface area contributed by atoms with E-state index in [9.17, 15) is 9.00 Å². The third-order valence-electron chi connectivity index (χ3n) is 2.52. The summed E-state index contributed by atoms with van der Waals surface area (Å²) in [5, 5.41) is 0.761. The van der Waals surface area contributed by atoms with E-state index in [1.807, 2.05) is 0 Å². The number of Topliss-reactive ketones (excluding diaryl/α,β-unsaturated/α-hetero) is 1. The standard InChI is InChI=1S/C14H10Cl2O2S/c15-11-6-2-1-5-10(11)13(17)9-19(18)14-8-4-3-7-12(14)16/h1-8H,9H2. The Labute approximate surface area is 123 Å². The van der Waals surface area contributed by atoms with Crippen LogP contribution in [0, 0.1) is 0 Å². The molecular weight excluding hydrogens is 303 g/mol. The van der Waals surface area contributed by atoms with E-state index in [0.29, 0.717) is 20.5 Å². The second-order valence-electron chi connectivity index (χ2n) is 3.82. The summed E-state index contributed by atoms with van der Waals surface area (Å²) < 4.78 is 12.1. The lowest BCUT2D eigenvalue weighted by molar-refractivity contribution is 0.102. The normalized spacial score (nSPS) is 12.1. The smallest absolute Gasteiger partial charge is 0.177 e. The first kappa shape index (κ1) is 14.3. The summed E-state index contributed by atoms with van der Waals surface area (Å²) in [4.78, 5) is 12.5. The van der Waals surface area contributed by atoms with Gasteiger partial charge in [-0.05, 0) is 24.3 Å². The summed E-state index contributed by atoms with van der Waals surface area (Å²) in [6.07, 6.45) is 0. The molecule has 0 aromatic heterocycles. The third kappa shape index (κ3) is 3.44. The van der Waals surface area contributed by atoms with Crippen molar-refractivity contribution in [2.45, 2.75) is 4.90 Å². The monoisotopic (exact) mass is 312 g/mol. The molecule has 1 unspecified atom stereocenters. The molecule has 2 rings (SSSR count). The number of carbonyl (C=O) groups is 1. The van der Waals surface area contributed by atoms with E-state index in [0.717, 1.165) is 0 Å². The number of carbonyl (C=O) groups excluding carboxylic acids is 1. The van der Waals surface area contributed by atoms with E-state index in [1.54, 1.807) is 48.5 Å². The van der Waals surface area contributed by atoms with Gasteiger partial charge in [0, 0.05) is 5.56 Å². The van der Waals surface area contributed by atoms with Gasteiger partial charge in [0.05, 0.1) is 31.5 Å². The molecule has 0 aliphatic carbocycles. The van der Waals surface area contributed by atoms with Gasteiger partial charge in [0.2, 0.25) is 0 Å². The lowest BCUT2D eigenvalue weighted by atomic mass is 10.1. The van der Waals surface area contributed by atoms with E-state index in [4.69, 9.17) is 23.2 Å². The van der Waals surface area contributed by atoms with Crippen molar-refractivity contribution in [2.75, 3.05) is 5.75 Å². The Hall–Kier alpha value is -1.16. The van der Waals surface area contributed by atoms with E-state index in [1.165, 1.54) is 0 Å². The predicted molar refractivity (Wildman–Crippen MR) is 78.5 cm³/mol. The predicted octanol–water partition coefficient (Wildman–Crippen LogP) is 3.98. The van der Waals surface area contributed by atoms with Crippen molar-refractivity contribution < 1.29 is 9.00 Å². The Morgan fingerprint density at radius 3 is 2.16 bits per heavy atom. The molecule has 0 N–H and O–H groups in total. The van der Waals surface area contributed by atoms with Gasteiger partial charge < -0.3 is 0 Å². The molecule has 0 fully saturated rings. The van der Waals surface area contributed by atoms with Crippen LogP contribution in [0.5, 0.6) is 0 Å². The quantitative estimate of drug-likeness (QED) is 0.800. The number of rotatable bonds is 4. The van der Waals surface area contributed by atoms with Crippen LogP contribution in [-0.4, -0.2) is 15.7 Å². The Morgan fingerprint density at radius 1 is 0.947 bits per heavy atom. The molecule has 0 spiro atoms. The van der Waals surface area contributed by atoms with Crippen molar-refractivity contribution >= 4 is 39.8 Å². The van der Waals surface area contributed by atoms with Crippen molar-refractivity contribution in [1.29, 1.82) is 0 Å². The van der Waals surface area contributed by atoms with Gasteiger partial charge in [0.15, 0.2) is 5.78 Å². The second kappa shape index (κ2) is 6.33. The molecule has 0 aliphatic rings. The largest absolute Gasteiger partial charge is 0.293 e. The molecule has 98 valence electrons. The summed E-state index contributed by atoms with van der Waals surface area (Å²) >= 11 is 11.9. The van der Waals surface area contributed by atoms with Gasteiger partial charge >= 0.3 is 0 Å². The SMILES string of the molecule is O=C(CS(=O)c1ccccc1Cl)c1ccccc1Cl. The van der Waals surface area contributed by atoms with Crippen LogP contribution >= 0.6 is 23.2 Å². The van der Waals surface area contributed by atoms with Crippen LogP contribution < -0.4 is 0 Å². The van der Waals surface area contributed by atoms with Gasteiger partial charge in [-0.15, -0.1) is 0 Å². The summed E-state index contributed by atoms with van der Waals surface area (Å²) in [7, 11) is -1.47. The first-order valence-electron chi connectivity index (χ1n) is 5.50. The fourth-order valence-corrected chi connectivity index (χ4v) is 3.29. The first-order chi connectivity index (χ1) is 9.09. The maximum Gasteiger partial charge on any atom is 0.177 e. The molecule has 0 amide bonds. The van der Waals surface area contributed by atoms with Crippen LogP contribution in [0.3, 0.4) is 0 Å². The van der Waals surface area contributed by atoms with E-state index >= 15 is 0 Å². The molecule has 2 aromatic carbocycles. The molecule has 2 nitrogen and oxygen atoms in total. The van der Waals surface area contributed by atoms with Gasteiger partial charge in [-0.2, -0.15) is 0 Å². The Morgan fingerprint density at radius 2 is 1.53 bits per heavy atom. The topological polar surface area (TPSA) is 34.1 Å². The van der Waals surface area contributed by atoms with Gasteiger partial charge in [-0.25, -0.2) is 0 Å². The molecule has 0 bridgehead atoms. The zero-order valence-electron chi connectivity index (χ0n) is 9.81. The summed E-state index contributed by atoms with van der Waals surface area (Å²) in [5.74, 6) is -0.392. The van der Waals surface area contributed by atoms with Gasteiger partial charge in [0.1, 0.15) is 0 Å². The van der Waals surface area contributed by atoms with Crippen molar-refractivity contribution in [3.05, 3.63) is 64.1 Å². The molecule has 19 heavy (non-hydrogen) atoms. The van der Waals surface area contributed by atoms with Crippen molar-refractivity contribution in [3.63, 3.8) is 0 Å². The molecule has 5 heteroatoms. The lowest BCUT2D eigenvalue weighted by Crippen LogP contribution is -2.11. The Balaban J connectivity index is 2.19. The fourth-order valence-electron chi connectivity index (χ4n) is 1.59. The minimum Gasteiger partial charge on any atom is -0.293 e. The molecule has 1 atom stereocenters. The average Bonchev–Trinajstić information content (AvgIpc) is 2.39. The highest BCUT2D eigenvalue weighted by Gasteiger charge is 2.16. The highest BCUT2D eigenvalue weighted by atomic mass is 35.5. The molecule has 0 aliphatic heterocycles. The maximum atomic E-state index is 12.1. The van der Waals surface area contributed by atoms with Crippen molar-refractivity contribution in [3.8, 4) is 0 Å². The highest BCUT2D eigenvalue weighted by molar-refractivity contribution is 7.86. The minimum absolute atomic E-state index is 0.131. The van der Waals surface area contributed by atoms with Gasteiger partial charge in [-0.3, -0.25) is 9.00 Å². The summed E-state index contributed by atoms with van der Waals surface area (Å²) in [5.41, 5.74) is 0.379. The molecule has 0 saturated heterocycles. The third-order valence-corrected chi connectivity index (χ3v) is 4.66. The van der Waals surface area contributed by atoms with Gasteiger partial charge in [-0.1, -0.05) is 47.5 Å². The fraction of sp³-hybridized carbons (Fsp3) is 0.0714. The van der Waals surface area contributed by atoms with Gasteiger partial charge in [0.25, 0.3) is 0 Å². The zero-order valence-corrected chi connectivity index (χ0v) is 12.1. The number of hydrogen-bond donors (Lipinski definition) is 0. The van der Waals surface area contributed by atoms with Crippen molar-refractivity contribution in [1.82, 2.24) is 0 Å². The second-order valence-corrected chi connectivity index (χ2v) is 6.06. The minimum atomic E-state index is -1.47. The zero-order chi connectivity index (χ0) is 13.8. The number of halogens is 2. The molecule has 0 radical (unpaired) electrons. The van der Waals surface area contributed by atoms with E-state index in [-0.39, 0.29) is 11.5 Å². The van der Waals surface area contributed by atoms with E-state index in [2.05, 4.69) is 0 Å². The molecule has 2 aromatic rings. The van der Waals surface area contributed by atoms with Crippen LogP contribution in [0.25, 0.3) is 0 Å². The number of hydrogen-bond acceptors (Lipinski definition) is 2.